The lowest BCUT2D eigenvalue weighted by Gasteiger charge is -2.05. The predicted molar refractivity (Wildman–Crippen MR) is 101 cm³/mol. The molecule has 2 aromatic heterocycles. The van der Waals surface area contributed by atoms with E-state index in [9.17, 15) is 4.79 Å². The normalized spacial score (nSPS) is 11.1. The number of nitrogens with zero attached hydrogens (tertiary/aromatic N) is 3. The van der Waals surface area contributed by atoms with E-state index >= 15 is 0 Å². The molecule has 0 unspecified atom stereocenters. The van der Waals surface area contributed by atoms with Gasteiger partial charge in [-0.3, -0.25) is 9.20 Å². The highest BCUT2D eigenvalue weighted by Gasteiger charge is 2.07. The fourth-order valence-electron chi connectivity index (χ4n) is 2.24. The molecule has 0 saturated heterocycles. The number of ether oxygens (including phenoxy) is 1. The second-order valence-electron chi connectivity index (χ2n) is 5.37. The number of pyridine rings is 1. The van der Waals surface area contributed by atoms with Gasteiger partial charge in [-0.15, -0.1) is 10.2 Å². The molecule has 25 heavy (non-hydrogen) atoms. The van der Waals surface area contributed by atoms with Crippen molar-refractivity contribution in [2.45, 2.75) is 13.3 Å². The third-order valence-electron chi connectivity index (χ3n) is 3.40. The van der Waals surface area contributed by atoms with Crippen LogP contribution in [-0.2, 0) is 4.79 Å². The Morgan fingerprint density at radius 3 is 2.92 bits per heavy atom. The minimum atomic E-state index is -0.241. The smallest absolute Gasteiger partial charge is 0.248 e. The summed E-state index contributed by atoms with van der Waals surface area (Å²) in [6.07, 6.45) is 7.60. The molecular formula is C18H17BrN4O2. The third-order valence-corrected chi connectivity index (χ3v) is 3.83. The molecule has 0 spiro atoms. The summed E-state index contributed by atoms with van der Waals surface area (Å²) in [6.45, 7) is 2.76. The monoisotopic (exact) mass is 400 g/mol. The number of anilines is 1. The molecule has 1 aromatic carbocycles. The van der Waals surface area contributed by atoms with Crippen LogP contribution in [-0.4, -0.2) is 27.1 Å². The lowest BCUT2D eigenvalue weighted by molar-refractivity contribution is -0.111. The number of halogens is 1. The summed E-state index contributed by atoms with van der Waals surface area (Å²) in [5, 5.41) is 10.7. The van der Waals surface area contributed by atoms with E-state index in [2.05, 4.69) is 38.4 Å². The molecule has 0 aliphatic heterocycles. The summed E-state index contributed by atoms with van der Waals surface area (Å²) in [4.78, 5) is 12.2. The van der Waals surface area contributed by atoms with Gasteiger partial charge in [0.2, 0.25) is 5.91 Å². The van der Waals surface area contributed by atoms with Crippen LogP contribution in [0.5, 0.6) is 5.75 Å². The van der Waals surface area contributed by atoms with E-state index in [1.54, 1.807) is 22.9 Å². The van der Waals surface area contributed by atoms with Gasteiger partial charge in [0.05, 0.1) is 12.3 Å². The van der Waals surface area contributed by atoms with Crippen LogP contribution >= 0.6 is 15.9 Å². The van der Waals surface area contributed by atoms with Gasteiger partial charge in [0.1, 0.15) is 12.1 Å². The number of aromatic nitrogens is 3. The van der Waals surface area contributed by atoms with Crippen molar-refractivity contribution in [3.05, 3.63) is 59.0 Å². The number of hydrogen-bond acceptors (Lipinski definition) is 4. The second kappa shape index (κ2) is 7.94. The summed E-state index contributed by atoms with van der Waals surface area (Å²) >= 11 is 3.40. The molecule has 128 valence electrons. The van der Waals surface area contributed by atoms with Gasteiger partial charge >= 0.3 is 0 Å². The molecule has 6 nitrogen and oxygen atoms in total. The van der Waals surface area contributed by atoms with Gasteiger partial charge in [-0.25, -0.2) is 0 Å². The Morgan fingerprint density at radius 1 is 1.36 bits per heavy atom. The number of carbonyl (C=O) groups is 1. The zero-order valence-corrected chi connectivity index (χ0v) is 15.2. The fourth-order valence-corrected chi connectivity index (χ4v) is 2.69. The van der Waals surface area contributed by atoms with Crippen LogP contribution in [0.2, 0.25) is 0 Å². The van der Waals surface area contributed by atoms with Gasteiger partial charge < -0.3 is 10.1 Å². The molecule has 0 saturated carbocycles. The Balaban J connectivity index is 1.67. The number of nitrogens with one attached hydrogen (secondary N) is 1. The SMILES string of the molecule is CCCOc1ccc(/C=C/C(=O)Nc2cc(Br)cn3cnnc23)cc1. The molecule has 0 aliphatic carbocycles. The maximum absolute atomic E-state index is 12.2. The first-order valence-corrected chi connectivity index (χ1v) is 8.66. The highest BCUT2D eigenvalue weighted by molar-refractivity contribution is 9.10. The molecular weight excluding hydrogens is 384 g/mol. The van der Waals surface area contributed by atoms with Gasteiger partial charge in [0, 0.05) is 16.7 Å². The van der Waals surface area contributed by atoms with Gasteiger partial charge in [-0.1, -0.05) is 19.1 Å². The zero-order chi connectivity index (χ0) is 17.6. The van der Waals surface area contributed by atoms with Gasteiger partial charge in [0.15, 0.2) is 5.65 Å². The maximum Gasteiger partial charge on any atom is 0.248 e. The molecule has 3 aromatic rings. The molecule has 1 N–H and O–H groups in total. The Kier molecular flexibility index (Phi) is 5.45. The molecule has 0 radical (unpaired) electrons. The second-order valence-corrected chi connectivity index (χ2v) is 6.29. The fraction of sp³-hybridized carbons (Fsp3) is 0.167. The predicted octanol–water partition coefficient (Wildman–Crippen LogP) is 3.93. The minimum Gasteiger partial charge on any atom is -0.494 e. The quantitative estimate of drug-likeness (QED) is 0.636. The lowest BCUT2D eigenvalue weighted by Crippen LogP contribution is -2.09. The van der Waals surface area contributed by atoms with E-state index in [0.29, 0.717) is 17.9 Å². The van der Waals surface area contributed by atoms with E-state index in [4.69, 9.17) is 4.74 Å². The number of amides is 1. The summed E-state index contributed by atoms with van der Waals surface area (Å²) in [5.74, 6) is 0.584. The van der Waals surface area contributed by atoms with E-state index in [0.717, 1.165) is 22.2 Å². The highest BCUT2D eigenvalue weighted by Crippen LogP contribution is 2.21. The first-order chi connectivity index (χ1) is 12.2. The number of fused-ring (bicyclic) bond motifs is 1. The third kappa shape index (κ3) is 4.45. The van der Waals surface area contributed by atoms with Crippen molar-refractivity contribution in [1.82, 2.24) is 14.6 Å². The van der Waals surface area contributed by atoms with Crippen LogP contribution in [0, 0.1) is 0 Å². The summed E-state index contributed by atoms with van der Waals surface area (Å²) in [7, 11) is 0. The lowest BCUT2D eigenvalue weighted by atomic mass is 10.2. The molecule has 0 fully saturated rings. The van der Waals surface area contributed by atoms with Crippen molar-refractivity contribution in [1.29, 1.82) is 0 Å². The van der Waals surface area contributed by atoms with Gasteiger partial charge in [-0.05, 0) is 52.2 Å². The van der Waals surface area contributed by atoms with Gasteiger partial charge in [0.25, 0.3) is 0 Å². The average Bonchev–Trinajstić information content (AvgIpc) is 3.07. The first kappa shape index (κ1) is 17.2. The number of rotatable bonds is 6. The molecule has 0 bridgehead atoms. The molecule has 1 amide bonds. The van der Waals surface area contributed by atoms with E-state index in [1.807, 2.05) is 30.5 Å². The van der Waals surface area contributed by atoms with Crippen LogP contribution in [0.15, 0.2) is 53.4 Å². The summed E-state index contributed by atoms with van der Waals surface area (Å²) in [5.41, 5.74) is 2.09. The topological polar surface area (TPSA) is 68.5 Å². The molecule has 3 rings (SSSR count). The molecule has 2 heterocycles. The van der Waals surface area contributed by atoms with E-state index in [-0.39, 0.29) is 5.91 Å². The van der Waals surface area contributed by atoms with Crippen molar-refractivity contribution in [3.63, 3.8) is 0 Å². The minimum absolute atomic E-state index is 0.241. The Labute approximate surface area is 153 Å². The van der Waals surface area contributed by atoms with Crippen molar-refractivity contribution in [3.8, 4) is 5.75 Å². The van der Waals surface area contributed by atoms with E-state index < -0.39 is 0 Å². The number of benzene rings is 1. The largest absolute Gasteiger partial charge is 0.494 e. The van der Waals surface area contributed by atoms with Gasteiger partial charge in [-0.2, -0.15) is 0 Å². The van der Waals surface area contributed by atoms with Crippen molar-refractivity contribution in [2.24, 2.45) is 0 Å². The average molecular weight is 401 g/mol. The maximum atomic E-state index is 12.2. The van der Waals surface area contributed by atoms with Crippen LogP contribution in [0.3, 0.4) is 0 Å². The number of carbonyl (C=O) groups excluding carboxylic acids is 1. The molecule has 0 atom stereocenters. The van der Waals surface area contributed by atoms with Crippen LogP contribution in [0.25, 0.3) is 11.7 Å². The van der Waals surface area contributed by atoms with Crippen LogP contribution < -0.4 is 10.1 Å². The van der Waals surface area contributed by atoms with Crippen LogP contribution in [0.4, 0.5) is 5.69 Å². The Bertz CT molecular complexity index is 903. The van der Waals surface area contributed by atoms with Crippen molar-refractivity contribution >= 4 is 39.2 Å². The van der Waals surface area contributed by atoms with Crippen molar-refractivity contribution in [2.75, 3.05) is 11.9 Å². The van der Waals surface area contributed by atoms with Crippen molar-refractivity contribution < 1.29 is 9.53 Å². The number of hydrogen-bond donors (Lipinski definition) is 1. The zero-order valence-electron chi connectivity index (χ0n) is 13.6. The Hall–Kier alpha value is -2.67. The Morgan fingerprint density at radius 2 is 2.16 bits per heavy atom. The standard InChI is InChI=1S/C18H17BrN4O2/c1-2-9-25-15-6-3-13(4-7-15)5-8-17(24)21-16-10-14(19)11-23-12-20-22-18(16)23/h3-8,10-12H,2,9H2,1H3,(H,21,24)/b8-5+. The molecule has 7 heteroatoms. The van der Waals surface area contributed by atoms with Crippen LogP contribution in [0.1, 0.15) is 18.9 Å². The molecule has 0 aliphatic rings. The highest BCUT2D eigenvalue weighted by atomic mass is 79.9. The first-order valence-electron chi connectivity index (χ1n) is 7.86. The van der Waals surface area contributed by atoms with E-state index in [1.165, 1.54) is 6.08 Å². The summed E-state index contributed by atoms with van der Waals surface area (Å²) in [6, 6.07) is 9.38. The summed E-state index contributed by atoms with van der Waals surface area (Å²) < 4.78 is 8.09.